The highest BCUT2D eigenvalue weighted by atomic mass is 16.4. The molecule has 5 nitrogen and oxygen atoms in total. The van der Waals surface area contributed by atoms with Gasteiger partial charge in [0.05, 0.1) is 19.2 Å². The molecule has 0 amide bonds. The van der Waals surface area contributed by atoms with Crippen LogP contribution in [0, 0.1) is 6.92 Å². The smallest absolute Gasteiger partial charge is 0.307 e. The molecule has 0 fully saturated rings. The lowest BCUT2D eigenvalue weighted by Crippen LogP contribution is -2.23. The average molecular weight is 258 g/mol. The summed E-state index contributed by atoms with van der Waals surface area (Å²) in [6.07, 6.45) is 1.55. The van der Waals surface area contributed by atoms with Crippen LogP contribution in [0.4, 0.5) is 0 Å². The third kappa shape index (κ3) is 3.28. The van der Waals surface area contributed by atoms with Crippen LogP contribution >= 0.6 is 0 Å². The summed E-state index contributed by atoms with van der Waals surface area (Å²) in [7, 11) is 0. The van der Waals surface area contributed by atoms with Gasteiger partial charge >= 0.3 is 5.97 Å². The van der Waals surface area contributed by atoms with Crippen LogP contribution in [0.2, 0.25) is 0 Å². The number of benzene rings is 1. The minimum absolute atomic E-state index is 0.0587. The van der Waals surface area contributed by atoms with E-state index in [1.165, 1.54) is 10.7 Å². The molecule has 1 aromatic heterocycles. The van der Waals surface area contributed by atoms with Crippen molar-refractivity contribution in [3.63, 3.8) is 0 Å². The Labute approximate surface area is 110 Å². The Morgan fingerprint density at radius 2 is 2.00 bits per heavy atom. The molecule has 19 heavy (non-hydrogen) atoms. The number of aliphatic carboxylic acids is 1. The summed E-state index contributed by atoms with van der Waals surface area (Å²) in [6, 6.07) is 8.68. The molecule has 0 aliphatic heterocycles. The zero-order valence-electron chi connectivity index (χ0n) is 10.5. The maximum atomic E-state index is 11.8. The van der Waals surface area contributed by atoms with E-state index in [0.717, 1.165) is 11.1 Å². The fourth-order valence-electron chi connectivity index (χ4n) is 1.85. The van der Waals surface area contributed by atoms with E-state index in [0.29, 0.717) is 5.56 Å². The van der Waals surface area contributed by atoms with Crippen molar-refractivity contribution in [2.45, 2.75) is 19.9 Å². The standard InChI is InChI=1S/C14H14N2O3/c1-10-6-13(17)16(15-8-10)9-12-5-3-2-4-11(12)7-14(18)19/h2-6,8H,7,9H2,1H3,(H,18,19). The third-order valence-electron chi connectivity index (χ3n) is 2.79. The van der Waals surface area contributed by atoms with Gasteiger partial charge in [0.1, 0.15) is 0 Å². The first-order valence-corrected chi connectivity index (χ1v) is 5.88. The van der Waals surface area contributed by atoms with Crippen LogP contribution in [0.25, 0.3) is 0 Å². The van der Waals surface area contributed by atoms with Crippen LogP contribution < -0.4 is 5.56 Å². The molecule has 0 radical (unpaired) electrons. The number of carboxylic acids is 1. The van der Waals surface area contributed by atoms with E-state index in [2.05, 4.69) is 5.10 Å². The minimum Gasteiger partial charge on any atom is -0.481 e. The van der Waals surface area contributed by atoms with Gasteiger partial charge in [-0.1, -0.05) is 24.3 Å². The average Bonchev–Trinajstić information content (AvgIpc) is 2.34. The zero-order chi connectivity index (χ0) is 13.8. The fourth-order valence-corrected chi connectivity index (χ4v) is 1.85. The van der Waals surface area contributed by atoms with E-state index < -0.39 is 5.97 Å². The predicted molar refractivity (Wildman–Crippen MR) is 70.1 cm³/mol. The molecule has 0 spiro atoms. The van der Waals surface area contributed by atoms with Crippen LogP contribution in [0.15, 0.2) is 41.3 Å². The van der Waals surface area contributed by atoms with Gasteiger partial charge in [-0.2, -0.15) is 5.10 Å². The largest absolute Gasteiger partial charge is 0.481 e. The SMILES string of the molecule is Cc1cnn(Cc2ccccc2CC(=O)O)c(=O)c1. The van der Waals surface area contributed by atoms with Gasteiger partial charge in [-0.25, -0.2) is 4.68 Å². The number of carbonyl (C=O) groups is 1. The molecule has 1 N–H and O–H groups in total. The Hall–Kier alpha value is -2.43. The Bertz CT molecular complexity index is 662. The molecule has 0 saturated heterocycles. The lowest BCUT2D eigenvalue weighted by molar-refractivity contribution is -0.136. The van der Waals surface area contributed by atoms with Gasteiger partial charge < -0.3 is 5.11 Å². The van der Waals surface area contributed by atoms with E-state index in [1.54, 1.807) is 25.3 Å². The van der Waals surface area contributed by atoms with Gasteiger partial charge in [0, 0.05) is 6.07 Å². The van der Waals surface area contributed by atoms with Crippen molar-refractivity contribution in [1.29, 1.82) is 0 Å². The number of nitrogens with zero attached hydrogens (tertiary/aromatic N) is 2. The minimum atomic E-state index is -0.892. The van der Waals surface area contributed by atoms with E-state index in [9.17, 15) is 9.59 Å². The molecular weight excluding hydrogens is 244 g/mol. The highest BCUT2D eigenvalue weighted by Gasteiger charge is 2.08. The quantitative estimate of drug-likeness (QED) is 0.895. The van der Waals surface area contributed by atoms with Crippen molar-refractivity contribution in [2.24, 2.45) is 0 Å². The highest BCUT2D eigenvalue weighted by Crippen LogP contribution is 2.10. The van der Waals surface area contributed by atoms with Crippen molar-refractivity contribution in [1.82, 2.24) is 9.78 Å². The van der Waals surface area contributed by atoms with Gasteiger partial charge in [-0.15, -0.1) is 0 Å². The van der Waals surface area contributed by atoms with E-state index in [-0.39, 0.29) is 18.5 Å². The van der Waals surface area contributed by atoms with Gasteiger partial charge in [-0.3, -0.25) is 9.59 Å². The lowest BCUT2D eigenvalue weighted by atomic mass is 10.0. The summed E-state index contributed by atoms with van der Waals surface area (Å²) in [6.45, 7) is 2.08. The van der Waals surface area contributed by atoms with E-state index in [4.69, 9.17) is 5.11 Å². The monoisotopic (exact) mass is 258 g/mol. The predicted octanol–water partition coefficient (Wildman–Crippen LogP) is 1.23. The number of rotatable bonds is 4. The second-order valence-electron chi connectivity index (χ2n) is 4.37. The highest BCUT2D eigenvalue weighted by molar-refractivity contribution is 5.70. The molecule has 5 heteroatoms. The van der Waals surface area contributed by atoms with Crippen molar-refractivity contribution >= 4 is 5.97 Å². The fraction of sp³-hybridized carbons (Fsp3) is 0.214. The molecule has 1 heterocycles. The maximum Gasteiger partial charge on any atom is 0.307 e. The Morgan fingerprint density at radius 3 is 2.63 bits per heavy atom. The summed E-state index contributed by atoms with van der Waals surface area (Å²) in [5, 5.41) is 12.9. The van der Waals surface area contributed by atoms with Crippen LogP contribution in [-0.4, -0.2) is 20.9 Å². The second kappa shape index (κ2) is 5.48. The summed E-state index contributed by atoms with van der Waals surface area (Å²) in [5.74, 6) is -0.892. The molecule has 1 aromatic carbocycles. The van der Waals surface area contributed by atoms with Crippen LogP contribution in [0.1, 0.15) is 16.7 Å². The molecule has 0 unspecified atom stereocenters. The van der Waals surface area contributed by atoms with E-state index >= 15 is 0 Å². The molecule has 0 aliphatic rings. The second-order valence-corrected chi connectivity index (χ2v) is 4.37. The zero-order valence-corrected chi connectivity index (χ0v) is 10.5. The Kier molecular flexibility index (Phi) is 3.75. The molecule has 2 aromatic rings. The van der Waals surface area contributed by atoms with Crippen molar-refractivity contribution in [3.8, 4) is 0 Å². The van der Waals surface area contributed by atoms with E-state index in [1.807, 2.05) is 12.1 Å². The first kappa shape index (κ1) is 13.0. The van der Waals surface area contributed by atoms with Crippen molar-refractivity contribution < 1.29 is 9.90 Å². The van der Waals surface area contributed by atoms with Crippen molar-refractivity contribution in [3.05, 3.63) is 63.6 Å². The summed E-state index contributed by atoms with van der Waals surface area (Å²) in [5.41, 5.74) is 2.11. The first-order chi connectivity index (χ1) is 9.06. The Morgan fingerprint density at radius 1 is 1.32 bits per heavy atom. The molecule has 0 saturated carbocycles. The third-order valence-corrected chi connectivity index (χ3v) is 2.79. The van der Waals surface area contributed by atoms with Gasteiger partial charge in [0.2, 0.25) is 0 Å². The molecule has 98 valence electrons. The summed E-state index contributed by atoms with van der Waals surface area (Å²) < 4.78 is 1.33. The normalized spacial score (nSPS) is 10.4. The molecule has 2 rings (SSSR count). The van der Waals surface area contributed by atoms with Crippen molar-refractivity contribution in [2.75, 3.05) is 0 Å². The molecule has 0 aliphatic carbocycles. The number of hydrogen-bond acceptors (Lipinski definition) is 3. The molecule has 0 bridgehead atoms. The first-order valence-electron chi connectivity index (χ1n) is 5.88. The van der Waals surface area contributed by atoms with Gasteiger partial charge in [-0.05, 0) is 23.6 Å². The van der Waals surface area contributed by atoms with Gasteiger partial charge in [0.15, 0.2) is 0 Å². The maximum absolute atomic E-state index is 11.8. The van der Waals surface area contributed by atoms with Crippen LogP contribution in [0.5, 0.6) is 0 Å². The lowest BCUT2D eigenvalue weighted by Gasteiger charge is -2.09. The topological polar surface area (TPSA) is 72.2 Å². The van der Waals surface area contributed by atoms with Crippen LogP contribution in [0.3, 0.4) is 0 Å². The number of aryl methyl sites for hydroxylation is 1. The molecular formula is C14H14N2O3. The van der Waals surface area contributed by atoms with Gasteiger partial charge in [0.25, 0.3) is 5.56 Å². The number of hydrogen-bond donors (Lipinski definition) is 1. The summed E-state index contributed by atoms with van der Waals surface area (Å²) in [4.78, 5) is 22.6. The van der Waals surface area contributed by atoms with Crippen LogP contribution in [-0.2, 0) is 17.8 Å². The molecule has 0 atom stereocenters. The Balaban J connectivity index is 2.33. The number of carboxylic acid groups (broad SMARTS) is 1. The number of aromatic nitrogens is 2. The summed E-state index contributed by atoms with van der Waals surface area (Å²) >= 11 is 0.